The van der Waals surface area contributed by atoms with Gasteiger partial charge in [-0.2, -0.15) is 0 Å². The van der Waals surface area contributed by atoms with Crippen molar-refractivity contribution < 1.29 is 9.47 Å². The van der Waals surface area contributed by atoms with Gasteiger partial charge in [0.1, 0.15) is 11.6 Å². The number of hydrogen-bond acceptors (Lipinski definition) is 7. The lowest BCUT2D eigenvalue weighted by Gasteiger charge is -2.31. The van der Waals surface area contributed by atoms with Crippen molar-refractivity contribution in [2.75, 3.05) is 32.2 Å². The Labute approximate surface area is 181 Å². The van der Waals surface area contributed by atoms with E-state index in [1.54, 1.807) is 20.4 Å². The summed E-state index contributed by atoms with van der Waals surface area (Å²) >= 11 is 0. The number of aromatic nitrogens is 4. The van der Waals surface area contributed by atoms with Crippen LogP contribution in [0.4, 0.5) is 5.82 Å². The Hall–Kier alpha value is -3.32. The van der Waals surface area contributed by atoms with Gasteiger partial charge in [-0.25, -0.2) is 4.98 Å². The molecule has 0 aliphatic carbocycles. The maximum Gasteiger partial charge on any atom is 0.147 e. The van der Waals surface area contributed by atoms with Gasteiger partial charge in [0.15, 0.2) is 0 Å². The lowest BCUT2D eigenvalue weighted by molar-refractivity contribution is 0.0818. The standard InChI is InChI=1S/C24H25N5O2/c1-30-18-6-9-29(10-7-18)23-15-26-21-12-16(3-4-20(21)28-23)11-17-5-8-25-22-13-19(31-2)14-27-24(17)22/h3-5,8,12-15,18H,6-7,9-11H2,1-2H3. The molecule has 0 bridgehead atoms. The van der Waals surface area contributed by atoms with Crippen LogP contribution in [0.3, 0.4) is 0 Å². The number of ether oxygens (including phenoxy) is 2. The van der Waals surface area contributed by atoms with Crippen LogP contribution < -0.4 is 9.64 Å². The molecule has 7 heteroatoms. The van der Waals surface area contributed by atoms with Gasteiger partial charge in [0.05, 0.1) is 47.7 Å². The molecule has 0 saturated carbocycles. The minimum atomic E-state index is 0.354. The fourth-order valence-electron chi connectivity index (χ4n) is 4.17. The third-order valence-electron chi connectivity index (χ3n) is 5.96. The molecule has 4 aromatic rings. The number of piperidine rings is 1. The Morgan fingerprint density at radius 2 is 1.81 bits per heavy atom. The molecule has 1 saturated heterocycles. The molecule has 0 radical (unpaired) electrons. The first-order chi connectivity index (χ1) is 15.2. The van der Waals surface area contributed by atoms with Crippen molar-refractivity contribution >= 4 is 27.9 Å². The number of hydrogen-bond donors (Lipinski definition) is 0. The summed E-state index contributed by atoms with van der Waals surface area (Å²) in [6.07, 6.45) is 8.59. The van der Waals surface area contributed by atoms with Gasteiger partial charge in [0, 0.05) is 32.5 Å². The predicted octanol–water partition coefficient (Wildman–Crippen LogP) is 3.79. The minimum absolute atomic E-state index is 0.354. The van der Waals surface area contributed by atoms with Gasteiger partial charge in [0.2, 0.25) is 0 Å². The summed E-state index contributed by atoms with van der Waals surface area (Å²) in [5, 5.41) is 0. The van der Waals surface area contributed by atoms with Crippen molar-refractivity contribution in [1.82, 2.24) is 19.9 Å². The van der Waals surface area contributed by atoms with Gasteiger partial charge in [-0.05, 0) is 48.6 Å². The Morgan fingerprint density at radius 3 is 2.61 bits per heavy atom. The van der Waals surface area contributed by atoms with Crippen LogP contribution in [0.15, 0.2) is 48.9 Å². The maximum atomic E-state index is 5.47. The number of fused-ring (bicyclic) bond motifs is 2. The summed E-state index contributed by atoms with van der Waals surface area (Å²) < 4.78 is 10.7. The van der Waals surface area contributed by atoms with Crippen molar-refractivity contribution in [3.63, 3.8) is 0 Å². The van der Waals surface area contributed by atoms with Crippen molar-refractivity contribution in [1.29, 1.82) is 0 Å². The smallest absolute Gasteiger partial charge is 0.147 e. The number of benzene rings is 1. The molecule has 4 heterocycles. The van der Waals surface area contributed by atoms with E-state index in [9.17, 15) is 0 Å². The summed E-state index contributed by atoms with van der Waals surface area (Å²) in [7, 11) is 3.42. The Morgan fingerprint density at radius 1 is 0.935 bits per heavy atom. The van der Waals surface area contributed by atoms with Crippen LogP contribution in [0.25, 0.3) is 22.1 Å². The summed E-state index contributed by atoms with van der Waals surface area (Å²) in [6, 6.07) is 10.2. The number of anilines is 1. The highest BCUT2D eigenvalue weighted by Crippen LogP contribution is 2.24. The zero-order valence-electron chi connectivity index (χ0n) is 17.8. The quantitative estimate of drug-likeness (QED) is 0.491. The van der Waals surface area contributed by atoms with E-state index in [0.717, 1.165) is 65.8 Å². The summed E-state index contributed by atoms with van der Waals surface area (Å²) in [5.74, 6) is 1.65. The van der Waals surface area contributed by atoms with Crippen LogP contribution in [-0.2, 0) is 11.2 Å². The second-order valence-corrected chi connectivity index (χ2v) is 7.86. The van der Waals surface area contributed by atoms with E-state index in [0.29, 0.717) is 11.9 Å². The van der Waals surface area contributed by atoms with Crippen molar-refractivity contribution in [3.05, 3.63) is 60.0 Å². The Kier molecular flexibility index (Phi) is 5.34. The molecule has 1 aromatic carbocycles. The van der Waals surface area contributed by atoms with E-state index >= 15 is 0 Å². The normalized spacial score (nSPS) is 15.0. The molecule has 7 nitrogen and oxygen atoms in total. The van der Waals surface area contributed by atoms with E-state index in [2.05, 4.69) is 33.1 Å². The molecular formula is C24H25N5O2. The first-order valence-electron chi connectivity index (χ1n) is 10.5. The third-order valence-corrected chi connectivity index (χ3v) is 5.96. The highest BCUT2D eigenvalue weighted by molar-refractivity contribution is 5.80. The third kappa shape index (κ3) is 4.01. The molecule has 0 unspecified atom stereocenters. The van der Waals surface area contributed by atoms with Crippen molar-refractivity contribution in [2.24, 2.45) is 0 Å². The number of nitrogens with zero attached hydrogens (tertiary/aromatic N) is 5. The molecule has 1 aliphatic rings. The fraction of sp³-hybridized carbons (Fsp3) is 0.333. The van der Waals surface area contributed by atoms with E-state index in [1.807, 2.05) is 24.5 Å². The van der Waals surface area contributed by atoms with E-state index in [-0.39, 0.29) is 0 Å². The lowest BCUT2D eigenvalue weighted by Crippen LogP contribution is -2.37. The molecule has 0 N–H and O–H groups in total. The van der Waals surface area contributed by atoms with E-state index < -0.39 is 0 Å². The van der Waals surface area contributed by atoms with Crippen LogP contribution in [-0.4, -0.2) is 53.3 Å². The molecule has 0 spiro atoms. The zero-order valence-corrected chi connectivity index (χ0v) is 17.8. The first-order valence-corrected chi connectivity index (χ1v) is 10.5. The first kappa shape index (κ1) is 19.6. The zero-order chi connectivity index (χ0) is 21.2. The van der Waals surface area contributed by atoms with Crippen LogP contribution in [0.1, 0.15) is 24.0 Å². The molecular weight excluding hydrogens is 390 g/mol. The van der Waals surface area contributed by atoms with Crippen LogP contribution in [0, 0.1) is 0 Å². The number of pyridine rings is 2. The Bertz CT molecular complexity index is 1220. The van der Waals surface area contributed by atoms with Crippen LogP contribution >= 0.6 is 0 Å². The maximum absolute atomic E-state index is 5.47. The molecule has 1 aliphatic heterocycles. The summed E-state index contributed by atoms with van der Waals surface area (Å²) in [6.45, 7) is 1.90. The topological polar surface area (TPSA) is 73.3 Å². The molecule has 3 aromatic heterocycles. The van der Waals surface area contributed by atoms with Crippen molar-refractivity contribution in [2.45, 2.75) is 25.4 Å². The van der Waals surface area contributed by atoms with Crippen LogP contribution in [0.2, 0.25) is 0 Å². The van der Waals surface area contributed by atoms with Crippen LogP contribution in [0.5, 0.6) is 5.75 Å². The van der Waals surface area contributed by atoms with Gasteiger partial charge in [-0.15, -0.1) is 0 Å². The molecule has 0 amide bonds. The minimum Gasteiger partial charge on any atom is -0.495 e. The fourth-order valence-corrected chi connectivity index (χ4v) is 4.17. The molecule has 158 valence electrons. The molecule has 31 heavy (non-hydrogen) atoms. The molecule has 5 rings (SSSR count). The highest BCUT2D eigenvalue weighted by Gasteiger charge is 2.20. The molecule has 0 atom stereocenters. The summed E-state index contributed by atoms with van der Waals surface area (Å²) in [4.78, 5) is 20.8. The summed E-state index contributed by atoms with van der Waals surface area (Å²) in [5.41, 5.74) is 5.83. The Balaban J connectivity index is 1.39. The highest BCUT2D eigenvalue weighted by atomic mass is 16.5. The second kappa shape index (κ2) is 8.43. The lowest BCUT2D eigenvalue weighted by atomic mass is 10.0. The van der Waals surface area contributed by atoms with Gasteiger partial charge < -0.3 is 14.4 Å². The van der Waals surface area contributed by atoms with Gasteiger partial charge in [0.25, 0.3) is 0 Å². The van der Waals surface area contributed by atoms with E-state index in [4.69, 9.17) is 19.4 Å². The average molecular weight is 415 g/mol. The number of methoxy groups -OCH3 is 2. The second-order valence-electron chi connectivity index (χ2n) is 7.86. The SMILES string of the molecule is COc1cnc2c(Cc3ccc4nc(N5CCC(OC)CC5)cnc4c3)ccnc2c1. The average Bonchev–Trinajstić information content (AvgIpc) is 2.83. The molecule has 1 fully saturated rings. The predicted molar refractivity (Wildman–Crippen MR) is 121 cm³/mol. The largest absolute Gasteiger partial charge is 0.495 e. The van der Waals surface area contributed by atoms with Gasteiger partial charge in [-0.1, -0.05) is 6.07 Å². The van der Waals surface area contributed by atoms with Crippen molar-refractivity contribution in [3.8, 4) is 5.75 Å². The van der Waals surface area contributed by atoms with E-state index in [1.165, 1.54) is 5.56 Å². The number of rotatable bonds is 5. The van der Waals surface area contributed by atoms with Gasteiger partial charge in [-0.3, -0.25) is 15.0 Å². The monoisotopic (exact) mass is 415 g/mol. The van der Waals surface area contributed by atoms with Gasteiger partial charge >= 0.3 is 0 Å².